The summed E-state index contributed by atoms with van der Waals surface area (Å²) in [7, 11) is 0. The molecule has 0 aliphatic carbocycles. The molecule has 0 saturated heterocycles. The largest absolute Gasteiger partial charge is 0.417 e. The summed E-state index contributed by atoms with van der Waals surface area (Å²) in [6, 6.07) is 2.54. The van der Waals surface area contributed by atoms with Crippen LogP contribution in [-0.2, 0) is 12.7 Å². The third-order valence-electron chi connectivity index (χ3n) is 3.12. The Bertz CT molecular complexity index is 690. The van der Waals surface area contributed by atoms with Crippen LogP contribution in [0.15, 0.2) is 23.3 Å². The molecule has 3 heterocycles. The topological polar surface area (TPSA) is 66.6 Å². The Morgan fingerprint density at radius 2 is 2.19 bits per heavy atom. The molecule has 21 heavy (non-hydrogen) atoms. The summed E-state index contributed by atoms with van der Waals surface area (Å²) in [5.41, 5.74) is -0.365. The van der Waals surface area contributed by atoms with Crippen molar-refractivity contribution in [2.75, 3.05) is 6.54 Å². The van der Waals surface area contributed by atoms with E-state index >= 15 is 0 Å². The summed E-state index contributed by atoms with van der Waals surface area (Å²) in [5, 5.41) is 13.8. The Balaban J connectivity index is 1.82. The molecule has 3 rings (SSSR count). The van der Waals surface area contributed by atoms with Crippen LogP contribution < -0.4 is 10.6 Å². The van der Waals surface area contributed by atoms with Crippen LogP contribution in [0.5, 0.6) is 0 Å². The molecule has 0 spiro atoms. The van der Waals surface area contributed by atoms with E-state index < -0.39 is 11.7 Å². The van der Waals surface area contributed by atoms with Crippen molar-refractivity contribution in [2.24, 2.45) is 4.99 Å². The maximum atomic E-state index is 12.7. The Morgan fingerprint density at radius 1 is 1.38 bits per heavy atom. The fourth-order valence-electron chi connectivity index (χ4n) is 2.05. The Morgan fingerprint density at radius 3 is 2.86 bits per heavy atom. The number of hydrogen-bond donors (Lipinski definition) is 2. The maximum absolute atomic E-state index is 12.7. The van der Waals surface area contributed by atoms with Gasteiger partial charge in [0.2, 0.25) is 0 Å². The number of alkyl halides is 3. The van der Waals surface area contributed by atoms with Gasteiger partial charge in [0, 0.05) is 12.2 Å². The van der Waals surface area contributed by atoms with Crippen LogP contribution in [0.25, 0.3) is 5.65 Å². The van der Waals surface area contributed by atoms with E-state index in [1.807, 2.05) is 6.92 Å². The van der Waals surface area contributed by atoms with Gasteiger partial charge >= 0.3 is 6.18 Å². The van der Waals surface area contributed by atoms with Gasteiger partial charge < -0.3 is 10.6 Å². The highest BCUT2D eigenvalue weighted by molar-refractivity contribution is 5.81. The number of fused-ring (bicyclic) bond motifs is 1. The van der Waals surface area contributed by atoms with E-state index in [1.54, 1.807) is 0 Å². The molecule has 0 saturated carbocycles. The van der Waals surface area contributed by atoms with Crippen LogP contribution in [0.4, 0.5) is 13.2 Å². The van der Waals surface area contributed by atoms with Crippen molar-refractivity contribution in [1.82, 2.24) is 25.2 Å². The van der Waals surface area contributed by atoms with E-state index in [9.17, 15) is 13.2 Å². The van der Waals surface area contributed by atoms with Gasteiger partial charge in [-0.25, -0.2) is 0 Å². The first-order valence-electron chi connectivity index (χ1n) is 6.39. The van der Waals surface area contributed by atoms with Crippen molar-refractivity contribution in [3.05, 3.63) is 29.7 Å². The Labute approximate surface area is 118 Å². The number of pyridine rings is 1. The van der Waals surface area contributed by atoms with Crippen molar-refractivity contribution in [2.45, 2.75) is 25.7 Å². The van der Waals surface area contributed by atoms with Gasteiger partial charge in [0.25, 0.3) is 0 Å². The molecular weight excluding hydrogens is 285 g/mol. The van der Waals surface area contributed by atoms with E-state index in [2.05, 4.69) is 25.8 Å². The van der Waals surface area contributed by atoms with Crippen LogP contribution in [0.2, 0.25) is 0 Å². The summed E-state index contributed by atoms with van der Waals surface area (Å²) in [4.78, 5) is 4.21. The summed E-state index contributed by atoms with van der Waals surface area (Å²) >= 11 is 0. The summed E-state index contributed by atoms with van der Waals surface area (Å²) in [6.07, 6.45) is -3.39. The van der Waals surface area contributed by atoms with Crippen molar-refractivity contribution >= 4 is 11.6 Å². The van der Waals surface area contributed by atoms with Crippen LogP contribution >= 0.6 is 0 Å². The average molecular weight is 298 g/mol. The van der Waals surface area contributed by atoms with E-state index in [0.717, 1.165) is 12.3 Å². The third kappa shape index (κ3) is 2.76. The molecule has 1 aliphatic rings. The predicted octanol–water partition coefficient (Wildman–Crippen LogP) is 1.19. The van der Waals surface area contributed by atoms with Gasteiger partial charge in [-0.3, -0.25) is 9.39 Å². The number of aromatic nitrogens is 3. The molecule has 112 valence electrons. The van der Waals surface area contributed by atoms with Crippen LogP contribution in [0.1, 0.15) is 18.3 Å². The molecule has 1 atom stereocenters. The van der Waals surface area contributed by atoms with Crippen molar-refractivity contribution in [3.8, 4) is 0 Å². The number of guanidine groups is 1. The van der Waals surface area contributed by atoms with Crippen LogP contribution in [0, 0.1) is 0 Å². The quantitative estimate of drug-likeness (QED) is 0.874. The average Bonchev–Trinajstić information content (AvgIpc) is 3.01. The van der Waals surface area contributed by atoms with Gasteiger partial charge in [0.15, 0.2) is 17.4 Å². The first kappa shape index (κ1) is 13.7. The Kier molecular flexibility index (Phi) is 3.19. The van der Waals surface area contributed by atoms with E-state index in [4.69, 9.17) is 0 Å². The van der Waals surface area contributed by atoms with Gasteiger partial charge in [-0.05, 0) is 19.1 Å². The summed E-state index contributed by atoms with van der Waals surface area (Å²) in [6.45, 7) is 2.89. The molecular formula is C12H13F3N6. The highest BCUT2D eigenvalue weighted by Crippen LogP contribution is 2.29. The molecule has 0 aromatic carbocycles. The minimum Gasteiger partial charge on any atom is -0.352 e. The minimum absolute atomic E-state index is 0.237. The second kappa shape index (κ2) is 4.90. The molecule has 2 N–H and O–H groups in total. The first-order valence-corrected chi connectivity index (χ1v) is 6.39. The molecule has 0 bridgehead atoms. The second-order valence-corrected chi connectivity index (χ2v) is 4.85. The molecule has 6 nitrogen and oxygen atoms in total. The molecule has 2 aromatic heterocycles. The molecule has 0 radical (unpaired) electrons. The molecule has 1 unspecified atom stereocenters. The monoisotopic (exact) mass is 298 g/mol. The van der Waals surface area contributed by atoms with E-state index in [1.165, 1.54) is 10.5 Å². The lowest BCUT2D eigenvalue weighted by Gasteiger charge is -2.09. The lowest BCUT2D eigenvalue weighted by molar-refractivity contribution is -0.137. The first-order chi connectivity index (χ1) is 9.93. The van der Waals surface area contributed by atoms with Crippen LogP contribution in [0.3, 0.4) is 0 Å². The number of aliphatic imine (C=N–C) groups is 1. The third-order valence-corrected chi connectivity index (χ3v) is 3.12. The van der Waals surface area contributed by atoms with Crippen LogP contribution in [-0.4, -0.2) is 33.1 Å². The molecule has 1 aliphatic heterocycles. The molecule has 0 fully saturated rings. The zero-order chi connectivity index (χ0) is 15.0. The Hall–Kier alpha value is -2.32. The smallest absolute Gasteiger partial charge is 0.352 e. The number of nitrogens with zero attached hydrogens (tertiary/aromatic N) is 4. The zero-order valence-electron chi connectivity index (χ0n) is 11.1. The standard InChI is InChI=1S/C12H13F3N6/c1-7-4-16-11(18-7)17-5-10-20-19-9-3-2-8(6-21(9)10)12(13,14)15/h2-3,6-7H,4-5H2,1H3,(H2,16,17,18). The minimum atomic E-state index is -4.39. The van der Waals surface area contributed by atoms with E-state index in [-0.39, 0.29) is 12.6 Å². The van der Waals surface area contributed by atoms with Crippen molar-refractivity contribution in [1.29, 1.82) is 0 Å². The van der Waals surface area contributed by atoms with Gasteiger partial charge in [-0.15, -0.1) is 10.2 Å². The highest BCUT2D eigenvalue weighted by atomic mass is 19.4. The molecule has 0 amide bonds. The molecule has 9 heteroatoms. The summed E-state index contributed by atoms with van der Waals surface area (Å²) in [5.74, 6) is 1.01. The lowest BCUT2D eigenvalue weighted by Crippen LogP contribution is -2.37. The zero-order valence-corrected chi connectivity index (χ0v) is 11.1. The number of hydrogen-bond acceptors (Lipinski definition) is 5. The summed E-state index contributed by atoms with van der Waals surface area (Å²) < 4.78 is 39.5. The van der Waals surface area contributed by atoms with Gasteiger partial charge in [0.05, 0.1) is 18.7 Å². The van der Waals surface area contributed by atoms with Gasteiger partial charge in [0.1, 0.15) is 0 Å². The van der Waals surface area contributed by atoms with Gasteiger partial charge in [-0.2, -0.15) is 13.2 Å². The number of halogens is 3. The second-order valence-electron chi connectivity index (χ2n) is 4.85. The lowest BCUT2D eigenvalue weighted by atomic mass is 10.3. The normalized spacial score (nSPS) is 18.7. The molecule has 2 aromatic rings. The van der Waals surface area contributed by atoms with Crippen molar-refractivity contribution < 1.29 is 13.2 Å². The maximum Gasteiger partial charge on any atom is 0.417 e. The number of nitrogens with one attached hydrogen (secondary N) is 2. The van der Waals surface area contributed by atoms with E-state index in [0.29, 0.717) is 24.0 Å². The van der Waals surface area contributed by atoms with Gasteiger partial charge in [-0.1, -0.05) is 0 Å². The number of rotatable bonds is 2. The fourth-order valence-corrected chi connectivity index (χ4v) is 2.05. The van der Waals surface area contributed by atoms with Crippen molar-refractivity contribution in [3.63, 3.8) is 0 Å². The highest BCUT2D eigenvalue weighted by Gasteiger charge is 2.31. The fraction of sp³-hybridized carbons (Fsp3) is 0.417. The SMILES string of the molecule is CC1CN=C(NCc2nnc3ccc(C(F)(F)F)cn23)N1. The predicted molar refractivity (Wildman–Crippen MR) is 69.7 cm³/mol.